The van der Waals surface area contributed by atoms with Gasteiger partial charge in [-0.15, -0.1) is 17.0 Å². The van der Waals surface area contributed by atoms with E-state index in [1.165, 1.54) is 37.1 Å². The van der Waals surface area contributed by atoms with Gasteiger partial charge in [-0.1, -0.05) is 56.2 Å². The average Bonchev–Trinajstić information content (AvgIpc) is 3.03. The minimum atomic E-state index is -3.94. The van der Waals surface area contributed by atoms with E-state index in [1.807, 2.05) is 13.8 Å². The van der Waals surface area contributed by atoms with Crippen molar-refractivity contribution in [2.75, 3.05) is 32.8 Å². The zero-order valence-electron chi connectivity index (χ0n) is 24.3. The van der Waals surface area contributed by atoms with Crippen molar-refractivity contribution < 1.29 is 21.0 Å². The van der Waals surface area contributed by atoms with Gasteiger partial charge < -0.3 is 16.0 Å². The van der Waals surface area contributed by atoms with E-state index in [9.17, 15) is 16.8 Å². The molecule has 1 aliphatic rings. The summed E-state index contributed by atoms with van der Waals surface area (Å²) in [5.74, 6) is 0. The molecule has 4 N–H and O–H groups in total. The Balaban J connectivity index is 0.000000482. The molecule has 0 saturated carbocycles. The summed E-state index contributed by atoms with van der Waals surface area (Å²) in [5.41, 5.74) is 1.88. The SMILES string of the molecule is Br.CCC(COS(=O)(=O)c1ccc(C)cc1)NS(=O)(=O)c1ccc(C)cc1.CCC1CNCC(CC)NCCN1. The van der Waals surface area contributed by atoms with Crippen LogP contribution in [-0.4, -0.2) is 67.7 Å². The molecule has 3 atom stereocenters. The first-order valence-electron chi connectivity index (χ1n) is 13.7. The van der Waals surface area contributed by atoms with Gasteiger partial charge in [0.05, 0.1) is 16.4 Å². The second-order valence-electron chi connectivity index (χ2n) is 9.87. The molecular formula is C28H47BrN4O5S2. The van der Waals surface area contributed by atoms with E-state index < -0.39 is 26.2 Å². The summed E-state index contributed by atoms with van der Waals surface area (Å²) < 4.78 is 56.9. The lowest BCUT2D eigenvalue weighted by Crippen LogP contribution is -2.39. The quantitative estimate of drug-likeness (QED) is 0.284. The third-order valence-electron chi connectivity index (χ3n) is 6.64. The van der Waals surface area contributed by atoms with Crippen molar-refractivity contribution in [3.05, 3.63) is 59.7 Å². The first-order chi connectivity index (χ1) is 18.5. The van der Waals surface area contributed by atoms with E-state index >= 15 is 0 Å². The molecule has 1 heterocycles. The summed E-state index contributed by atoms with van der Waals surface area (Å²) in [6.45, 7) is 14.1. The molecular weight excluding hydrogens is 616 g/mol. The normalized spacial score (nSPS) is 19.1. The molecule has 1 fully saturated rings. The Kier molecular flexibility index (Phi) is 16.7. The average molecular weight is 664 g/mol. The predicted molar refractivity (Wildman–Crippen MR) is 167 cm³/mol. The number of hydrogen-bond acceptors (Lipinski definition) is 8. The van der Waals surface area contributed by atoms with Crippen LogP contribution >= 0.6 is 17.0 Å². The molecule has 0 aromatic heterocycles. The molecule has 1 aliphatic heterocycles. The van der Waals surface area contributed by atoms with E-state index in [1.54, 1.807) is 31.2 Å². The standard InChI is InChI=1S/C18H23NO5S2.C10H23N3.BrH/c1-4-16(19-25(20,21)17-9-5-14(2)6-10-17)13-24-26(22,23)18-11-7-15(3)8-12-18;1-3-9-7-11-8-10(4-2)13-6-5-12-9;/h5-12,16,19H,4,13H2,1-3H3;9-13H,3-8H2,1-2H3;1H. The molecule has 1 saturated heterocycles. The Morgan fingerprint density at radius 3 is 1.68 bits per heavy atom. The van der Waals surface area contributed by atoms with E-state index in [0.717, 1.165) is 37.3 Å². The molecule has 40 heavy (non-hydrogen) atoms. The summed E-state index contributed by atoms with van der Waals surface area (Å²) >= 11 is 0. The lowest BCUT2D eigenvalue weighted by atomic mass is 10.2. The van der Waals surface area contributed by atoms with Crippen molar-refractivity contribution in [2.45, 2.75) is 81.8 Å². The highest BCUT2D eigenvalue weighted by Crippen LogP contribution is 2.15. The van der Waals surface area contributed by atoms with Crippen LogP contribution in [0.5, 0.6) is 0 Å². The molecule has 0 amide bonds. The maximum absolute atomic E-state index is 12.4. The summed E-state index contributed by atoms with van der Waals surface area (Å²) in [4.78, 5) is 0.169. The highest BCUT2D eigenvalue weighted by molar-refractivity contribution is 8.93. The monoisotopic (exact) mass is 662 g/mol. The number of halogens is 1. The third kappa shape index (κ3) is 12.6. The van der Waals surface area contributed by atoms with Gasteiger partial charge in [0.15, 0.2) is 0 Å². The molecule has 12 heteroatoms. The minimum Gasteiger partial charge on any atom is -0.314 e. The van der Waals surface area contributed by atoms with Gasteiger partial charge in [0.1, 0.15) is 0 Å². The van der Waals surface area contributed by atoms with Crippen molar-refractivity contribution in [3.8, 4) is 0 Å². The summed E-state index contributed by atoms with van der Waals surface area (Å²) in [7, 11) is -7.69. The zero-order valence-corrected chi connectivity index (χ0v) is 27.6. The summed E-state index contributed by atoms with van der Waals surface area (Å²) in [6.07, 6.45) is 2.81. The maximum Gasteiger partial charge on any atom is 0.297 e. The fourth-order valence-corrected chi connectivity index (χ4v) is 6.14. The number of hydrogen-bond donors (Lipinski definition) is 4. The van der Waals surface area contributed by atoms with Gasteiger partial charge in [-0.2, -0.15) is 8.42 Å². The Bertz CT molecular complexity index is 1180. The molecule has 228 valence electrons. The van der Waals surface area contributed by atoms with E-state index in [-0.39, 0.29) is 33.4 Å². The van der Waals surface area contributed by atoms with Gasteiger partial charge >= 0.3 is 0 Å². The molecule has 0 spiro atoms. The highest BCUT2D eigenvalue weighted by atomic mass is 79.9. The van der Waals surface area contributed by atoms with Crippen LogP contribution in [0.15, 0.2) is 58.3 Å². The number of rotatable bonds is 10. The molecule has 0 bridgehead atoms. The van der Waals surface area contributed by atoms with Gasteiger partial charge in [-0.05, 0) is 57.4 Å². The molecule has 0 radical (unpaired) electrons. The Morgan fingerprint density at radius 2 is 1.25 bits per heavy atom. The van der Waals surface area contributed by atoms with Crippen molar-refractivity contribution >= 4 is 37.1 Å². The van der Waals surface area contributed by atoms with Crippen LogP contribution in [0.3, 0.4) is 0 Å². The van der Waals surface area contributed by atoms with Crippen molar-refractivity contribution in [2.24, 2.45) is 0 Å². The Morgan fingerprint density at radius 1 is 0.800 bits per heavy atom. The second-order valence-corrected chi connectivity index (χ2v) is 13.2. The van der Waals surface area contributed by atoms with Gasteiger partial charge in [-0.25, -0.2) is 13.1 Å². The van der Waals surface area contributed by atoms with Crippen LogP contribution in [0.1, 0.15) is 51.2 Å². The van der Waals surface area contributed by atoms with Crippen molar-refractivity contribution in [1.29, 1.82) is 0 Å². The molecule has 3 unspecified atom stereocenters. The van der Waals surface area contributed by atoms with E-state index in [0.29, 0.717) is 18.5 Å². The minimum absolute atomic E-state index is 0. The van der Waals surface area contributed by atoms with Crippen LogP contribution in [0.2, 0.25) is 0 Å². The van der Waals surface area contributed by atoms with Crippen LogP contribution in [0, 0.1) is 13.8 Å². The van der Waals surface area contributed by atoms with Gasteiger partial charge in [0, 0.05) is 44.3 Å². The molecule has 3 rings (SSSR count). The number of sulfonamides is 1. The van der Waals surface area contributed by atoms with Crippen LogP contribution < -0.4 is 20.7 Å². The fraction of sp³-hybridized carbons (Fsp3) is 0.571. The van der Waals surface area contributed by atoms with Gasteiger partial charge in [0.25, 0.3) is 10.1 Å². The topological polar surface area (TPSA) is 126 Å². The van der Waals surface area contributed by atoms with Crippen molar-refractivity contribution in [1.82, 2.24) is 20.7 Å². The third-order valence-corrected chi connectivity index (χ3v) is 9.47. The summed E-state index contributed by atoms with van der Waals surface area (Å²) in [6, 6.07) is 13.3. The van der Waals surface area contributed by atoms with Crippen LogP contribution in [-0.2, 0) is 24.3 Å². The second kappa shape index (κ2) is 18.2. The predicted octanol–water partition coefficient (Wildman–Crippen LogP) is 3.67. The maximum atomic E-state index is 12.4. The summed E-state index contributed by atoms with van der Waals surface area (Å²) in [5, 5.41) is 10.6. The Labute approximate surface area is 252 Å². The number of aryl methyl sites for hydroxylation is 2. The number of benzene rings is 2. The van der Waals surface area contributed by atoms with Gasteiger partial charge in [0.2, 0.25) is 10.0 Å². The largest absolute Gasteiger partial charge is 0.314 e. The van der Waals surface area contributed by atoms with Gasteiger partial charge in [-0.3, -0.25) is 4.18 Å². The van der Waals surface area contributed by atoms with Crippen LogP contribution in [0.25, 0.3) is 0 Å². The smallest absolute Gasteiger partial charge is 0.297 e. The van der Waals surface area contributed by atoms with Crippen LogP contribution in [0.4, 0.5) is 0 Å². The lowest BCUT2D eigenvalue weighted by molar-refractivity contribution is 0.279. The fourth-order valence-electron chi connectivity index (χ4n) is 3.89. The molecule has 2 aromatic rings. The molecule has 0 aliphatic carbocycles. The molecule has 9 nitrogen and oxygen atoms in total. The zero-order chi connectivity index (χ0) is 28.9. The van der Waals surface area contributed by atoms with Crippen molar-refractivity contribution in [3.63, 3.8) is 0 Å². The first kappa shape index (κ1) is 36.6. The van der Waals surface area contributed by atoms with E-state index in [2.05, 4.69) is 34.5 Å². The first-order valence-corrected chi connectivity index (χ1v) is 16.6. The number of nitrogens with one attached hydrogen (secondary N) is 4. The highest BCUT2D eigenvalue weighted by Gasteiger charge is 2.22. The molecule has 2 aromatic carbocycles. The lowest BCUT2D eigenvalue weighted by Gasteiger charge is -2.17. The Hall–Kier alpha value is -1.38. The van der Waals surface area contributed by atoms with E-state index in [4.69, 9.17) is 4.18 Å².